The number of nitrogens with one attached hydrogen (secondary N) is 2. The lowest BCUT2D eigenvalue weighted by molar-refractivity contribution is -0.116. The molecular formula is C22H26N2O4. The first-order valence-corrected chi connectivity index (χ1v) is 9.25. The third-order valence-electron chi connectivity index (χ3n) is 3.81. The highest BCUT2D eigenvalue weighted by Crippen LogP contribution is 2.28. The Labute approximate surface area is 165 Å². The molecule has 0 atom stereocenters. The predicted molar refractivity (Wildman–Crippen MR) is 112 cm³/mol. The summed E-state index contributed by atoms with van der Waals surface area (Å²) < 4.78 is 10.8. The van der Waals surface area contributed by atoms with Gasteiger partial charge in [0.25, 0.3) is 0 Å². The monoisotopic (exact) mass is 382 g/mol. The maximum atomic E-state index is 12.2. The SMILES string of the molecule is CCCC(=O)Nc1cccc(NC(=O)/C=C/c2ccc(OC)c(OCC)c2)c1. The first-order chi connectivity index (χ1) is 13.5. The number of ether oxygens (including phenoxy) is 2. The molecule has 0 aromatic heterocycles. The molecule has 0 spiro atoms. The van der Waals surface area contributed by atoms with Crippen LogP contribution in [-0.4, -0.2) is 25.5 Å². The van der Waals surface area contributed by atoms with Gasteiger partial charge in [-0.2, -0.15) is 0 Å². The van der Waals surface area contributed by atoms with E-state index < -0.39 is 0 Å². The van der Waals surface area contributed by atoms with E-state index in [0.29, 0.717) is 35.9 Å². The first kappa shape index (κ1) is 21.0. The van der Waals surface area contributed by atoms with Crippen LogP contribution in [0.1, 0.15) is 32.3 Å². The van der Waals surface area contributed by atoms with E-state index in [1.807, 2.05) is 26.0 Å². The van der Waals surface area contributed by atoms with Gasteiger partial charge in [-0.25, -0.2) is 0 Å². The first-order valence-electron chi connectivity index (χ1n) is 9.25. The Hall–Kier alpha value is -3.28. The van der Waals surface area contributed by atoms with E-state index in [-0.39, 0.29) is 11.8 Å². The van der Waals surface area contributed by atoms with Crippen molar-refractivity contribution in [1.82, 2.24) is 0 Å². The van der Waals surface area contributed by atoms with Gasteiger partial charge < -0.3 is 20.1 Å². The minimum atomic E-state index is -0.272. The van der Waals surface area contributed by atoms with E-state index >= 15 is 0 Å². The lowest BCUT2D eigenvalue weighted by atomic mass is 10.2. The van der Waals surface area contributed by atoms with Gasteiger partial charge in [0, 0.05) is 23.9 Å². The second kappa shape index (κ2) is 10.8. The van der Waals surface area contributed by atoms with Crippen molar-refractivity contribution in [2.45, 2.75) is 26.7 Å². The van der Waals surface area contributed by atoms with E-state index in [1.165, 1.54) is 6.08 Å². The normalized spacial score (nSPS) is 10.5. The second-order valence-electron chi connectivity index (χ2n) is 6.04. The lowest BCUT2D eigenvalue weighted by Crippen LogP contribution is -2.12. The van der Waals surface area contributed by atoms with Crippen molar-refractivity contribution >= 4 is 29.3 Å². The molecule has 148 valence electrons. The number of methoxy groups -OCH3 is 1. The Morgan fingerprint density at radius 3 is 2.43 bits per heavy atom. The van der Waals surface area contributed by atoms with Crippen LogP contribution in [-0.2, 0) is 9.59 Å². The summed E-state index contributed by atoms with van der Waals surface area (Å²) in [6, 6.07) is 12.5. The highest BCUT2D eigenvalue weighted by molar-refractivity contribution is 6.02. The number of benzene rings is 2. The van der Waals surface area contributed by atoms with Crippen molar-refractivity contribution in [3.05, 3.63) is 54.1 Å². The van der Waals surface area contributed by atoms with Crippen LogP contribution < -0.4 is 20.1 Å². The van der Waals surface area contributed by atoms with Crippen LogP contribution in [0.5, 0.6) is 11.5 Å². The molecule has 0 fully saturated rings. The fourth-order valence-electron chi connectivity index (χ4n) is 2.55. The van der Waals surface area contributed by atoms with Crippen molar-refractivity contribution in [2.24, 2.45) is 0 Å². The summed E-state index contributed by atoms with van der Waals surface area (Å²) in [4.78, 5) is 23.9. The molecule has 6 nitrogen and oxygen atoms in total. The van der Waals surface area contributed by atoms with Gasteiger partial charge in [0.1, 0.15) is 0 Å². The Morgan fingerprint density at radius 2 is 1.75 bits per heavy atom. The van der Waals surface area contributed by atoms with Gasteiger partial charge in [-0.15, -0.1) is 0 Å². The number of anilines is 2. The number of carbonyl (C=O) groups is 2. The second-order valence-corrected chi connectivity index (χ2v) is 6.04. The molecular weight excluding hydrogens is 356 g/mol. The standard InChI is InChI=1S/C22H26N2O4/c1-4-7-21(25)23-17-8-6-9-18(15-17)24-22(26)13-11-16-10-12-19(27-3)20(14-16)28-5-2/h6,8-15H,4-5,7H2,1-3H3,(H,23,25)(H,24,26)/b13-11+. The fraction of sp³-hybridized carbons (Fsp3) is 0.273. The molecule has 0 bridgehead atoms. The molecule has 0 radical (unpaired) electrons. The van der Waals surface area contributed by atoms with Crippen LogP contribution in [0, 0.1) is 0 Å². The average Bonchev–Trinajstić information content (AvgIpc) is 2.67. The Kier molecular flexibility index (Phi) is 8.09. The summed E-state index contributed by atoms with van der Waals surface area (Å²) in [5.41, 5.74) is 2.07. The topological polar surface area (TPSA) is 76.7 Å². The van der Waals surface area contributed by atoms with Crippen LogP contribution in [0.2, 0.25) is 0 Å². The third kappa shape index (κ3) is 6.46. The van der Waals surface area contributed by atoms with Crippen LogP contribution in [0.15, 0.2) is 48.5 Å². The molecule has 0 aliphatic rings. The summed E-state index contributed by atoms with van der Waals surface area (Å²) in [5, 5.41) is 5.60. The molecule has 2 aromatic carbocycles. The van der Waals surface area contributed by atoms with E-state index in [0.717, 1.165) is 12.0 Å². The zero-order chi connectivity index (χ0) is 20.4. The van der Waals surface area contributed by atoms with Crippen molar-refractivity contribution in [3.63, 3.8) is 0 Å². The molecule has 0 heterocycles. The Morgan fingerprint density at radius 1 is 1.00 bits per heavy atom. The van der Waals surface area contributed by atoms with Crippen LogP contribution in [0.3, 0.4) is 0 Å². The van der Waals surface area contributed by atoms with E-state index in [2.05, 4.69) is 10.6 Å². The number of carbonyl (C=O) groups excluding carboxylic acids is 2. The molecule has 0 unspecified atom stereocenters. The van der Waals surface area contributed by atoms with Crippen molar-refractivity contribution in [3.8, 4) is 11.5 Å². The molecule has 2 aromatic rings. The van der Waals surface area contributed by atoms with E-state index in [1.54, 1.807) is 43.5 Å². The zero-order valence-electron chi connectivity index (χ0n) is 16.5. The number of hydrogen-bond donors (Lipinski definition) is 2. The Balaban J connectivity index is 2.02. The average molecular weight is 382 g/mol. The Bertz CT molecular complexity index is 846. The van der Waals surface area contributed by atoms with Gasteiger partial charge in [-0.1, -0.05) is 19.1 Å². The number of rotatable bonds is 9. The van der Waals surface area contributed by atoms with Gasteiger partial charge in [0.05, 0.1) is 13.7 Å². The molecule has 0 aliphatic carbocycles. The molecule has 2 amide bonds. The van der Waals surface area contributed by atoms with Crippen molar-refractivity contribution in [2.75, 3.05) is 24.4 Å². The summed E-state index contributed by atoms with van der Waals surface area (Å²) in [5.74, 6) is 0.953. The summed E-state index contributed by atoms with van der Waals surface area (Å²) in [7, 11) is 1.58. The molecule has 0 saturated heterocycles. The van der Waals surface area contributed by atoms with Crippen LogP contribution in [0.25, 0.3) is 6.08 Å². The smallest absolute Gasteiger partial charge is 0.248 e. The van der Waals surface area contributed by atoms with Crippen LogP contribution in [0.4, 0.5) is 11.4 Å². The van der Waals surface area contributed by atoms with Gasteiger partial charge in [-0.3, -0.25) is 9.59 Å². The van der Waals surface area contributed by atoms with Gasteiger partial charge in [-0.05, 0) is 55.3 Å². The zero-order valence-corrected chi connectivity index (χ0v) is 16.5. The molecule has 28 heavy (non-hydrogen) atoms. The summed E-state index contributed by atoms with van der Waals surface area (Å²) >= 11 is 0. The largest absolute Gasteiger partial charge is 0.493 e. The number of hydrogen-bond acceptors (Lipinski definition) is 4. The highest BCUT2D eigenvalue weighted by atomic mass is 16.5. The minimum Gasteiger partial charge on any atom is -0.493 e. The number of amides is 2. The minimum absolute atomic E-state index is 0.0459. The van der Waals surface area contributed by atoms with Crippen molar-refractivity contribution in [1.29, 1.82) is 0 Å². The van der Waals surface area contributed by atoms with Gasteiger partial charge in [0.15, 0.2) is 11.5 Å². The maximum absolute atomic E-state index is 12.2. The van der Waals surface area contributed by atoms with Gasteiger partial charge >= 0.3 is 0 Å². The molecule has 2 rings (SSSR count). The van der Waals surface area contributed by atoms with E-state index in [9.17, 15) is 9.59 Å². The van der Waals surface area contributed by atoms with Crippen LogP contribution >= 0.6 is 0 Å². The molecule has 2 N–H and O–H groups in total. The predicted octanol–water partition coefficient (Wildman–Crippen LogP) is 4.48. The maximum Gasteiger partial charge on any atom is 0.248 e. The van der Waals surface area contributed by atoms with Gasteiger partial charge in [0.2, 0.25) is 11.8 Å². The van der Waals surface area contributed by atoms with Crippen molar-refractivity contribution < 1.29 is 19.1 Å². The quantitative estimate of drug-likeness (QED) is 0.627. The fourth-order valence-corrected chi connectivity index (χ4v) is 2.55. The summed E-state index contributed by atoms with van der Waals surface area (Å²) in [6.07, 6.45) is 4.39. The molecule has 6 heteroatoms. The van der Waals surface area contributed by atoms with E-state index in [4.69, 9.17) is 9.47 Å². The summed E-state index contributed by atoms with van der Waals surface area (Å²) in [6.45, 7) is 4.37. The highest BCUT2D eigenvalue weighted by Gasteiger charge is 2.05. The third-order valence-corrected chi connectivity index (χ3v) is 3.81. The molecule has 0 saturated carbocycles. The lowest BCUT2D eigenvalue weighted by Gasteiger charge is -2.09. The molecule has 0 aliphatic heterocycles.